The summed E-state index contributed by atoms with van der Waals surface area (Å²) in [4.78, 5) is 34.5. The van der Waals surface area contributed by atoms with Crippen molar-refractivity contribution in [3.8, 4) is 0 Å². The number of hydrogen-bond acceptors (Lipinski definition) is 7. The van der Waals surface area contributed by atoms with Crippen molar-refractivity contribution < 1.29 is 37.6 Å². The molecule has 0 aliphatic heterocycles. The zero-order valence-electron chi connectivity index (χ0n) is 35.5. The molecular weight excluding hydrogens is 723 g/mol. The summed E-state index contributed by atoms with van der Waals surface area (Å²) in [5.74, 6) is -0.857. The first kappa shape index (κ1) is 53.2. The molecule has 0 aliphatic carbocycles. The predicted molar refractivity (Wildman–Crippen MR) is 234 cm³/mol. The largest absolute Gasteiger partial charge is 0.472 e. The van der Waals surface area contributed by atoms with Crippen molar-refractivity contribution in [2.24, 2.45) is 0 Å². The van der Waals surface area contributed by atoms with Crippen molar-refractivity contribution in [1.82, 2.24) is 0 Å². The van der Waals surface area contributed by atoms with Crippen molar-refractivity contribution in [3.05, 3.63) is 85.1 Å². The molecule has 0 aromatic rings. The molecule has 0 spiro atoms. The highest BCUT2D eigenvalue weighted by atomic mass is 31.2. The van der Waals surface area contributed by atoms with Gasteiger partial charge in [-0.1, -0.05) is 157 Å². The molecule has 320 valence electrons. The number of hydrogen-bond donors (Lipinski definition) is 1. The molecular formula is C47H79O8P. The molecule has 0 bridgehead atoms. The van der Waals surface area contributed by atoms with Crippen LogP contribution < -0.4 is 0 Å². The molecule has 0 saturated heterocycles. The van der Waals surface area contributed by atoms with Gasteiger partial charge in [-0.2, -0.15) is 0 Å². The van der Waals surface area contributed by atoms with E-state index in [1.54, 1.807) is 0 Å². The first-order chi connectivity index (χ1) is 27.3. The van der Waals surface area contributed by atoms with Gasteiger partial charge in [-0.3, -0.25) is 18.6 Å². The van der Waals surface area contributed by atoms with Gasteiger partial charge in [0.05, 0.1) is 6.61 Å². The van der Waals surface area contributed by atoms with E-state index in [4.69, 9.17) is 14.0 Å². The number of allylic oxidation sites excluding steroid dienone is 14. The molecule has 0 aliphatic rings. The number of phosphoric ester groups is 1. The maximum absolute atomic E-state index is 12.5. The van der Waals surface area contributed by atoms with Crippen molar-refractivity contribution in [2.45, 2.75) is 180 Å². The lowest BCUT2D eigenvalue weighted by Gasteiger charge is -2.19. The SMILES string of the molecule is CC/C=C\C/C=C\C/C=C\C/C=C\C/C=C\CCCCCC(=O)OC(COC(=O)CCCCCCCCC/C=C\C/C=C\CCCCCC)COP(=O)(O)OC. The van der Waals surface area contributed by atoms with Crippen molar-refractivity contribution in [1.29, 1.82) is 0 Å². The van der Waals surface area contributed by atoms with E-state index >= 15 is 0 Å². The third kappa shape index (κ3) is 40.9. The Hall–Kier alpha value is -2.77. The Morgan fingerprint density at radius 2 is 0.911 bits per heavy atom. The first-order valence-corrected chi connectivity index (χ1v) is 23.3. The predicted octanol–water partition coefficient (Wildman–Crippen LogP) is 13.9. The zero-order chi connectivity index (χ0) is 41.1. The van der Waals surface area contributed by atoms with E-state index in [9.17, 15) is 19.0 Å². The lowest BCUT2D eigenvalue weighted by atomic mass is 10.1. The van der Waals surface area contributed by atoms with E-state index in [-0.39, 0.29) is 19.4 Å². The summed E-state index contributed by atoms with van der Waals surface area (Å²) in [5, 5.41) is 0. The fraction of sp³-hybridized carbons (Fsp3) is 0.660. The van der Waals surface area contributed by atoms with Crippen LogP contribution in [-0.4, -0.2) is 43.3 Å². The molecule has 1 N–H and O–H groups in total. The molecule has 56 heavy (non-hydrogen) atoms. The van der Waals surface area contributed by atoms with Crippen LogP contribution in [0.4, 0.5) is 0 Å². The van der Waals surface area contributed by atoms with Gasteiger partial charge in [-0.05, 0) is 89.9 Å². The Morgan fingerprint density at radius 1 is 0.518 bits per heavy atom. The summed E-state index contributed by atoms with van der Waals surface area (Å²) in [6.07, 6.45) is 54.9. The third-order valence-corrected chi connectivity index (χ3v) is 9.81. The van der Waals surface area contributed by atoms with Crippen molar-refractivity contribution in [2.75, 3.05) is 20.3 Å². The van der Waals surface area contributed by atoms with Crippen LogP contribution in [-0.2, 0) is 32.7 Å². The van der Waals surface area contributed by atoms with Gasteiger partial charge < -0.3 is 14.4 Å². The second-order valence-electron chi connectivity index (χ2n) is 14.1. The van der Waals surface area contributed by atoms with E-state index in [1.165, 1.54) is 51.4 Å². The van der Waals surface area contributed by atoms with E-state index < -0.39 is 32.5 Å². The molecule has 0 fully saturated rings. The number of carbonyl (C=O) groups is 2. The van der Waals surface area contributed by atoms with Gasteiger partial charge in [0, 0.05) is 20.0 Å². The summed E-state index contributed by atoms with van der Waals surface area (Å²) >= 11 is 0. The molecule has 0 saturated carbocycles. The molecule has 0 aromatic carbocycles. The molecule has 0 heterocycles. The van der Waals surface area contributed by atoms with Crippen molar-refractivity contribution >= 4 is 19.8 Å². The van der Waals surface area contributed by atoms with Gasteiger partial charge in [-0.15, -0.1) is 0 Å². The lowest BCUT2D eigenvalue weighted by molar-refractivity contribution is -0.161. The molecule has 8 nitrogen and oxygen atoms in total. The second-order valence-corrected chi connectivity index (χ2v) is 15.7. The van der Waals surface area contributed by atoms with Gasteiger partial charge in [0.1, 0.15) is 6.61 Å². The minimum atomic E-state index is -4.28. The van der Waals surface area contributed by atoms with Crippen LogP contribution in [0, 0.1) is 0 Å². The Labute approximate surface area is 342 Å². The lowest BCUT2D eigenvalue weighted by Crippen LogP contribution is -2.29. The zero-order valence-corrected chi connectivity index (χ0v) is 36.4. The van der Waals surface area contributed by atoms with E-state index in [0.29, 0.717) is 6.42 Å². The first-order valence-electron chi connectivity index (χ1n) is 21.8. The summed E-state index contributed by atoms with van der Waals surface area (Å²) in [5.41, 5.74) is 0. The Morgan fingerprint density at radius 3 is 1.38 bits per heavy atom. The van der Waals surface area contributed by atoms with Gasteiger partial charge >= 0.3 is 19.8 Å². The minimum absolute atomic E-state index is 0.199. The summed E-state index contributed by atoms with van der Waals surface area (Å²) in [6.45, 7) is 3.72. The van der Waals surface area contributed by atoms with E-state index in [2.05, 4.69) is 103 Å². The van der Waals surface area contributed by atoms with Gasteiger partial charge in [0.2, 0.25) is 0 Å². The topological polar surface area (TPSA) is 108 Å². The van der Waals surface area contributed by atoms with Crippen LogP contribution in [0.15, 0.2) is 85.1 Å². The van der Waals surface area contributed by atoms with E-state index in [0.717, 1.165) is 97.0 Å². The van der Waals surface area contributed by atoms with Crippen LogP contribution in [0.2, 0.25) is 0 Å². The number of carbonyl (C=O) groups excluding carboxylic acids is 2. The van der Waals surface area contributed by atoms with Crippen LogP contribution >= 0.6 is 7.82 Å². The van der Waals surface area contributed by atoms with Crippen LogP contribution in [0.25, 0.3) is 0 Å². The Kier molecular flexibility index (Phi) is 39.8. The minimum Gasteiger partial charge on any atom is -0.462 e. The second kappa shape index (κ2) is 41.9. The monoisotopic (exact) mass is 803 g/mol. The van der Waals surface area contributed by atoms with Gasteiger partial charge in [0.15, 0.2) is 6.10 Å². The van der Waals surface area contributed by atoms with Gasteiger partial charge in [-0.25, -0.2) is 4.57 Å². The Balaban J connectivity index is 4.10. The smallest absolute Gasteiger partial charge is 0.462 e. The summed E-state index contributed by atoms with van der Waals surface area (Å²) in [7, 11) is -3.23. The molecule has 0 radical (unpaired) electrons. The number of unbranched alkanes of at least 4 members (excludes halogenated alkanes) is 14. The molecule has 0 aromatic heterocycles. The highest BCUT2D eigenvalue weighted by molar-refractivity contribution is 7.47. The highest BCUT2D eigenvalue weighted by Gasteiger charge is 2.24. The molecule has 0 rings (SSSR count). The number of esters is 2. The maximum atomic E-state index is 12.5. The number of phosphoric acid groups is 1. The molecule has 2 unspecified atom stereocenters. The highest BCUT2D eigenvalue weighted by Crippen LogP contribution is 2.42. The summed E-state index contributed by atoms with van der Waals surface area (Å²) < 4.78 is 32.0. The van der Waals surface area contributed by atoms with Crippen molar-refractivity contribution in [3.63, 3.8) is 0 Å². The van der Waals surface area contributed by atoms with E-state index in [1.807, 2.05) is 0 Å². The fourth-order valence-corrected chi connectivity index (χ4v) is 6.00. The number of rotatable bonds is 39. The normalized spacial score (nSPS) is 14.1. The average molecular weight is 803 g/mol. The van der Waals surface area contributed by atoms with Gasteiger partial charge in [0.25, 0.3) is 0 Å². The van der Waals surface area contributed by atoms with Crippen LogP contribution in [0.1, 0.15) is 174 Å². The third-order valence-electron chi connectivity index (χ3n) is 8.87. The average Bonchev–Trinajstić information content (AvgIpc) is 3.19. The molecule has 9 heteroatoms. The molecule has 0 amide bonds. The van der Waals surface area contributed by atoms with Crippen LogP contribution in [0.5, 0.6) is 0 Å². The number of ether oxygens (including phenoxy) is 2. The van der Waals surface area contributed by atoms with Crippen LogP contribution in [0.3, 0.4) is 0 Å². The quantitative estimate of drug-likeness (QED) is 0.0283. The summed E-state index contributed by atoms with van der Waals surface area (Å²) in [6, 6.07) is 0. The maximum Gasteiger partial charge on any atom is 0.472 e. The standard InChI is InChI=1S/C47H79O8P/c1-4-6-8-10-12-14-16-18-20-22-24-26-28-30-32-34-36-38-40-42-47(49)55-45(44-54-56(50,51)52-3)43-53-46(48)41-39-37-35-33-31-29-27-25-23-21-19-17-15-13-11-9-7-5-2/h6,8,12,14-15,17-18,20-21,23-24,26,30,32,45H,4-5,7,9-11,13,16,19,22,25,27-29,31,33-44H2,1-3H3,(H,50,51)/b8-6-,14-12-,17-15-,20-18-,23-21-,26-24-,32-30-. The molecule has 2 atom stereocenters. The Bertz CT molecular complexity index is 1180. The fourth-order valence-electron chi connectivity index (χ4n) is 5.54.